The molecule has 5 nitrogen and oxygen atoms in total. The van der Waals surface area contributed by atoms with E-state index >= 15 is 0 Å². The van der Waals surface area contributed by atoms with Gasteiger partial charge in [0.1, 0.15) is 6.61 Å². The zero-order chi connectivity index (χ0) is 20.4. The lowest BCUT2D eigenvalue weighted by atomic mass is 9.98. The maximum Gasteiger partial charge on any atom is 0.408 e. The van der Waals surface area contributed by atoms with E-state index in [2.05, 4.69) is 5.32 Å². The molecule has 4 rings (SSSR count). The molecule has 1 aliphatic carbocycles. The maximum atomic E-state index is 12.4. The molecule has 6 heteroatoms. The Kier molecular flexibility index (Phi) is 5.23. The van der Waals surface area contributed by atoms with Crippen LogP contribution in [0.2, 0.25) is 5.02 Å². The van der Waals surface area contributed by atoms with Gasteiger partial charge in [-0.2, -0.15) is 0 Å². The van der Waals surface area contributed by atoms with Crippen molar-refractivity contribution in [1.82, 2.24) is 5.32 Å². The number of alkyl carbamates (subject to hydrolysis) is 1. The van der Waals surface area contributed by atoms with Crippen LogP contribution in [0.4, 0.5) is 4.79 Å². The summed E-state index contributed by atoms with van der Waals surface area (Å²) in [4.78, 5) is 24.0. The lowest BCUT2D eigenvalue weighted by molar-refractivity contribution is -0.139. The van der Waals surface area contributed by atoms with Crippen molar-refractivity contribution in [2.45, 2.75) is 12.0 Å². The second-order valence-electron chi connectivity index (χ2n) is 6.76. The number of fused-ring (bicyclic) bond motifs is 3. The number of benzene rings is 3. The van der Waals surface area contributed by atoms with E-state index < -0.39 is 18.1 Å². The predicted octanol–water partition coefficient (Wildman–Crippen LogP) is 5.00. The normalized spacial score (nSPS) is 13.3. The summed E-state index contributed by atoms with van der Waals surface area (Å²) in [5, 5.41) is 12.2. The van der Waals surface area contributed by atoms with Crippen molar-refractivity contribution < 1.29 is 19.4 Å². The van der Waals surface area contributed by atoms with Gasteiger partial charge in [0.05, 0.1) is 0 Å². The highest BCUT2D eigenvalue weighted by Gasteiger charge is 2.30. The Morgan fingerprint density at radius 1 is 0.931 bits per heavy atom. The van der Waals surface area contributed by atoms with Gasteiger partial charge in [-0.1, -0.05) is 78.3 Å². The number of halogens is 1. The molecule has 146 valence electrons. The van der Waals surface area contributed by atoms with Gasteiger partial charge in [-0.15, -0.1) is 0 Å². The molecule has 0 radical (unpaired) electrons. The van der Waals surface area contributed by atoms with Crippen LogP contribution in [0.15, 0.2) is 72.8 Å². The molecule has 1 aliphatic rings. The minimum absolute atomic E-state index is 0.100. The second kappa shape index (κ2) is 7.97. The number of nitrogens with one attached hydrogen (secondary N) is 1. The topological polar surface area (TPSA) is 75.6 Å². The summed E-state index contributed by atoms with van der Waals surface area (Å²) >= 11 is 6.08. The van der Waals surface area contributed by atoms with Gasteiger partial charge in [0.15, 0.2) is 6.04 Å². The molecule has 0 saturated heterocycles. The quantitative estimate of drug-likeness (QED) is 0.623. The number of carboxylic acid groups (broad SMARTS) is 1. The van der Waals surface area contributed by atoms with Gasteiger partial charge >= 0.3 is 12.1 Å². The van der Waals surface area contributed by atoms with Gasteiger partial charge in [-0.3, -0.25) is 0 Å². The Hall–Kier alpha value is -3.31. The number of rotatable bonds is 5. The van der Waals surface area contributed by atoms with E-state index in [9.17, 15) is 14.7 Å². The van der Waals surface area contributed by atoms with Crippen molar-refractivity contribution in [3.8, 4) is 11.1 Å². The molecular formula is C23H18ClNO4. The fourth-order valence-electron chi connectivity index (χ4n) is 3.74. The molecule has 0 spiro atoms. The SMILES string of the molecule is O=C(NC(C(=O)O)c1ccccc1Cl)OCC1c2ccccc2-c2ccccc21. The third-order valence-electron chi connectivity index (χ3n) is 5.07. The Morgan fingerprint density at radius 3 is 2.07 bits per heavy atom. The van der Waals surface area contributed by atoms with Crippen molar-refractivity contribution in [3.05, 3.63) is 94.5 Å². The third-order valence-corrected chi connectivity index (χ3v) is 5.41. The van der Waals surface area contributed by atoms with E-state index in [1.54, 1.807) is 24.3 Å². The minimum Gasteiger partial charge on any atom is -0.479 e. The first-order valence-corrected chi connectivity index (χ1v) is 9.53. The highest BCUT2D eigenvalue weighted by atomic mass is 35.5. The number of hydrogen-bond donors (Lipinski definition) is 2. The maximum absolute atomic E-state index is 12.4. The highest BCUT2D eigenvalue weighted by molar-refractivity contribution is 6.31. The van der Waals surface area contributed by atoms with Crippen LogP contribution in [0.1, 0.15) is 28.7 Å². The summed E-state index contributed by atoms with van der Waals surface area (Å²) in [5.41, 5.74) is 4.72. The van der Waals surface area contributed by atoms with Crippen LogP contribution >= 0.6 is 11.6 Å². The molecule has 0 fully saturated rings. The summed E-state index contributed by atoms with van der Waals surface area (Å²) in [6.07, 6.45) is -0.806. The molecule has 2 N–H and O–H groups in total. The van der Waals surface area contributed by atoms with Crippen molar-refractivity contribution in [2.75, 3.05) is 6.61 Å². The van der Waals surface area contributed by atoms with Crippen LogP contribution in [0.25, 0.3) is 11.1 Å². The largest absolute Gasteiger partial charge is 0.479 e. The van der Waals surface area contributed by atoms with Gasteiger partial charge in [0, 0.05) is 16.5 Å². The Balaban J connectivity index is 1.50. The average molecular weight is 408 g/mol. The molecular weight excluding hydrogens is 390 g/mol. The Morgan fingerprint density at radius 2 is 1.48 bits per heavy atom. The first-order chi connectivity index (χ1) is 14.1. The molecule has 0 aliphatic heterocycles. The van der Waals surface area contributed by atoms with E-state index in [4.69, 9.17) is 16.3 Å². The third kappa shape index (κ3) is 3.69. The van der Waals surface area contributed by atoms with Crippen LogP contribution in [0, 0.1) is 0 Å². The molecule has 0 aromatic heterocycles. The monoisotopic (exact) mass is 407 g/mol. The zero-order valence-electron chi connectivity index (χ0n) is 15.3. The summed E-state index contributed by atoms with van der Waals surface area (Å²) < 4.78 is 5.43. The van der Waals surface area contributed by atoms with Gasteiger partial charge < -0.3 is 15.2 Å². The molecule has 29 heavy (non-hydrogen) atoms. The summed E-state index contributed by atoms with van der Waals surface area (Å²) in [5.74, 6) is -1.32. The van der Waals surface area contributed by atoms with Gasteiger partial charge in [-0.25, -0.2) is 9.59 Å². The summed E-state index contributed by atoms with van der Waals surface area (Å²) in [7, 11) is 0. The van der Waals surface area contributed by atoms with Crippen LogP contribution in [-0.4, -0.2) is 23.8 Å². The molecule has 1 amide bonds. The number of carbonyl (C=O) groups excluding carboxylic acids is 1. The van der Waals surface area contributed by atoms with Crippen molar-refractivity contribution in [1.29, 1.82) is 0 Å². The van der Waals surface area contributed by atoms with E-state index in [0.29, 0.717) is 5.56 Å². The van der Waals surface area contributed by atoms with E-state index in [-0.39, 0.29) is 17.5 Å². The molecule has 1 unspecified atom stereocenters. The van der Waals surface area contributed by atoms with Crippen LogP contribution in [0.3, 0.4) is 0 Å². The first kappa shape index (κ1) is 19.0. The number of amides is 1. The standard InChI is InChI=1S/C23H18ClNO4/c24-20-12-6-5-11-18(20)21(22(26)27)25-23(28)29-13-19-16-9-3-1-7-14(16)15-8-2-4-10-17(15)19/h1-12,19,21H,13H2,(H,25,28)(H,26,27). The van der Waals surface area contributed by atoms with Crippen molar-refractivity contribution >= 4 is 23.7 Å². The van der Waals surface area contributed by atoms with Gasteiger partial charge in [-0.05, 0) is 28.3 Å². The number of hydrogen-bond acceptors (Lipinski definition) is 3. The fourth-order valence-corrected chi connectivity index (χ4v) is 3.98. The van der Waals surface area contributed by atoms with Crippen LogP contribution in [0.5, 0.6) is 0 Å². The molecule has 0 saturated carbocycles. The second-order valence-corrected chi connectivity index (χ2v) is 7.17. The van der Waals surface area contributed by atoms with Crippen molar-refractivity contribution in [2.24, 2.45) is 0 Å². The molecule has 1 atom stereocenters. The minimum atomic E-state index is -1.29. The zero-order valence-corrected chi connectivity index (χ0v) is 16.1. The highest BCUT2D eigenvalue weighted by Crippen LogP contribution is 2.44. The van der Waals surface area contributed by atoms with E-state index in [1.165, 1.54) is 0 Å². The summed E-state index contributed by atoms with van der Waals surface area (Å²) in [6.45, 7) is 0.106. The summed E-state index contributed by atoms with van der Waals surface area (Å²) in [6, 6.07) is 21.2. The molecule has 3 aromatic carbocycles. The van der Waals surface area contributed by atoms with Crippen LogP contribution in [-0.2, 0) is 9.53 Å². The number of aliphatic carboxylic acids is 1. The van der Waals surface area contributed by atoms with Crippen molar-refractivity contribution in [3.63, 3.8) is 0 Å². The average Bonchev–Trinajstić information content (AvgIpc) is 3.05. The lowest BCUT2D eigenvalue weighted by Gasteiger charge is -2.18. The Bertz CT molecular complexity index is 1040. The predicted molar refractivity (Wildman–Crippen MR) is 110 cm³/mol. The number of ether oxygens (including phenoxy) is 1. The van der Waals surface area contributed by atoms with Gasteiger partial charge in [0.2, 0.25) is 0 Å². The van der Waals surface area contributed by atoms with E-state index in [1.807, 2.05) is 48.5 Å². The lowest BCUT2D eigenvalue weighted by Crippen LogP contribution is -2.35. The Labute approximate surface area is 172 Å². The molecule has 0 bridgehead atoms. The smallest absolute Gasteiger partial charge is 0.408 e. The van der Waals surface area contributed by atoms with Crippen LogP contribution < -0.4 is 5.32 Å². The first-order valence-electron chi connectivity index (χ1n) is 9.15. The number of carbonyl (C=O) groups is 2. The fraction of sp³-hybridized carbons (Fsp3) is 0.130. The van der Waals surface area contributed by atoms with Gasteiger partial charge in [0.25, 0.3) is 0 Å². The van der Waals surface area contributed by atoms with E-state index in [0.717, 1.165) is 22.3 Å². The molecule has 3 aromatic rings. The molecule has 0 heterocycles. The number of carboxylic acids is 1.